The molecule has 27 heavy (non-hydrogen) atoms. The first-order valence-corrected chi connectivity index (χ1v) is 8.24. The highest BCUT2D eigenvalue weighted by Gasteiger charge is 2.11. The number of anilines is 1. The molecule has 0 unspecified atom stereocenters. The summed E-state index contributed by atoms with van der Waals surface area (Å²) < 4.78 is 10.4. The van der Waals surface area contributed by atoms with Gasteiger partial charge in [0.1, 0.15) is 12.2 Å². The molecule has 0 heterocycles. The molecule has 0 aliphatic rings. The Morgan fingerprint density at radius 2 is 1.93 bits per heavy atom. The fraction of sp³-hybridized carbons (Fsp3) is 0.211. The normalized spacial score (nSPS) is 10.4. The number of nitrogens with zero attached hydrogens (tertiary/aromatic N) is 1. The van der Waals surface area contributed by atoms with Crippen molar-refractivity contribution in [2.45, 2.75) is 13.3 Å². The third-order valence-electron chi connectivity index (χ3n) is 3.39. The fourth-order valence-electron chi connectivity index (χ4n) is 2.19. The quantitative estimate of drug-likeness (QED) is 0.375. The summed E-state index contributed by atoms with van der Waals surface area (Å²) in [4.78, 5) is 23.8. The van der Waals surface area contributed by atoms with Gasteiger partial charge in [-0.2, -0.15) is 5.10 Å². The second-order valence-corrected chi connectivity index (χ2v) is 5.38. The number of carbonyl (C=O) groups is 2. The zero-order chi connectivity index (χ0) is 19.6. The van der Waals surface area contributed by atoms with Crippen LogP contribution in [0.2, 0.25) is 0 Å². The molecule has 0 radical (unpaired) electrons. The number of nitrogens with one attached hydrogen (secondary N) is 2. The lowest BCUT2D eigenvalue weighted by atomic mass is 10.2. The van der Waals surface area contributed by atoms with Crippen LogP contribution in [0.4, 0.5) is 5.69 Å². The van der Waals surface area contributed by atoms with Crippen LogP contribution in [-0.4, -0.2) is 36.9 Å². The van der Waals surface area contributed by atoms with Gasteiger partial charge in [-0.3, -0.25) is 9.59 Å². The smallest absolute Gasteiger partial charge is 0.249 e. The molecule has 8 heteroatoms. The Morgan fingerprint density at radius 1 is 1.15 bits per heavy atom. The van der Waals surface area contributed by atoms with E-state index in [9.17, 15) is 14.7 Å². The van der Waals surface area contributed by atoms with Gasteiger partial charge in [0.15, 0.2) is 11.5 Å². The zero-order valence-electron chi connectivity index (χ0n) is 15.1. The highest BCUT2D eigenvalue weighted by atomic mass is 16.5. The molecule has 3 N–H and O–H groups in total. The monoisotopic (exact) mass is 371 g/mol. The predicted molar refractivity (Wildman–Crippen MR) is 101 cm³/mol. The molecule has 2 aromatic carbocycles. The van der Waals surface area contributed by atoms with Gasteiger partial charge in [0.25, 0.3) is 0 Å². The fourth-order valence-corrected chi connectivity index (χ4v) is 2.19. The molecule has 2 amide bonds. The van der Waals surface area contributed by atoms with Gasteiger partial charge < -0.3 is 19.9 Å². The Labute approximate surface area is 156 Å². The molecular formula is C19H21N3O5. The third kappa shape index (κ3) is 6.03. The summed E-state index contributed by atoms with van der Waals surface area (Å²) in [5.74, 6) is -0.213. The van der Waals surface area contributed by atoms with Crippen molar-refractivity contribution < 1.29 is 24.2 Å². The van der Waals surface area contributed by atoms with E-state index in [0.717, 1.165) is 0 Å². The van der Waals surface area contributed by atoms with E-state index >= 15 is 0 Å². The van der Waals surface area contributed by atoms with Crippen molar-refractivity contribution in [1.29, 1.82) is 0 Å². The molecule has 0 bridgehead atoms. The van der Waals surface area contributed by atoms with Gasteiger partial charge in [-0.25, -0.2) is 5.43 Å². The summed E-state index contributed by atoms with van der Waals surface area (Å²) in [6, 6.07) is 11.6. The predicted octanol–water partition coefficient (Wildman–Crippen LogP) is 2.28. The minimum Gasteiger partial charge on any atom is -0.504 e. The van der Waals surface area contributed by atoms with E-state index in [2.05, 4.69) is 15.8 Å². The summed E-state index contributed by atoms with van der Waals surface area (Å²) in [5.41, 5.74) is 3.38. The van der Waals surface area contributed by atoms with Crippen LogP contribution in [0.15, 0.2) is 47.6 Å². The Balaban J connectivity index is 1.87. The van der Waals surface area contributed by atoms with E-state index in [1.807, 2.05) is 0 Å². The number of aromatic hydroxyl groups is 1. The van der Waals surface area contributed by atoms with E-state index in [1.54, 1.807) is 43.3 Å². The molecule has 0 fully saturated rings. The number of amides is 2. The molecule has 0 aliphatic heterocycles. The standard InChI is InChI=1S/C19H21N3O5/c1-3-27-17-10-13(8-9-15(17)23)12-20-22-19(25)11-18(24)21-14-6-4-5-7-16(14)26-2/h4-10,12,23H,3,11H2,1-2H3,(H,21,24)(H,22,25)/b20-12+. The Hall–Kier alpha value is -3.55. The summed E-state index contributed by atoms with van der Waals surface area (Å²) in [6.07, 6.45) is 0.993. The molecule has 0 spiro atoms. The van der Waals surface area contributed by atoms with Crippen molar-refractivity contribution in [1.82, 2.24) is 5.43 Å². The van der Waals surface area contributed by atoms with E-state index < -0.39 is 18.2 Å². The molecule has 8 nitrogen and oxygen atoms in total. The molecule has 142 valence electrons. The van der Waals surface area contributed by atoms with Gasteiger partial charge in [0.2, 0.25) is 11.8 Å². The summed E-state index contributed by atoms with van der Waals surface area (Å²) >= 11 is 0. The molecule has 0 saturated carbocycles. The zero-order valence-corrected chi connectivity index (χ0v) is 15.1. The van der Waals surface area contributed by atoms with Crippen molar-refractivity contribution in [3.63, 3.8) is 0 Å². The number of ether oxygens (including phenoxy) is 2. The average molecular weight is 371 g/mol. The van der Waals surface area contributed by atoms with E-state index in [0.29, 0.717) is 29.4 Å². The first-order chi connectivity index (χ1) is 13.0. The first kappa shape index (κ1) is 19.8. The highest BCUT2D eigenvalue weighted by Crippen LogP contribution is 2.26. The molecule has 2 aromatic rings. The van der Waals surface area contributed by atoms with E-state index in [1.165, 1.54) is 19.4 Å². The highest BCUT2D eigenvalue weighted by molar-refractivity contribution is 6.04. The van der Waals surface area contributed by atoms with Crippen LogP contribution in [-0.2, 0) is 9.59 Å². The first-order valence-electron chi connectivity index (χ1n) is 8.24. The largest absolute Gasteiger partial charge is 0.504 e. The van der Waals surface area contributed by atoms with Gasteiger partial charge in [-0.15, -0.1) is 0 Å². The minimum atomic E-state index is -0.567. The van der Waals surface area contributed by atoms with Gasteiger partial charge >= 0.3 is 0 Å². The van der Waals surface area contributed by atoms with E-state index in [-0.39, 0.29) is 5.75 Å². The van der Waals surface area contributed by atoms with Crippen molar-refractivity contribution in [2.24, 2.45) is 5.10 Å². The topological polar surface area (TPSA) is 109 Å². The van der Waals surface area contributed by atoms with Crippen LogP contribution in [0.5, 0.6) is 17.2 Å². The molecule has 0 aliphatic carbocycles. The van der Waals surface area contributed by atoms with Crippen molar-refractivity contribution in [3.05, 3.63) is 48.0 Å². The van der Waals surface area contributed by atoms with E-state index in [4.69, 9.17) is 9.47 Å². The Bertz CT molecular complexity index is 836. The lowest BCUT2D eigenvalue weighted by molar-refractivity contribution is -0.126. The number of hydrazone groups is 1. The molecule has 0 saturated heterocycles. The number of phenolic OH excluding ortho intramolecular Hbond substituents is 1. The van der Waals surface area contributed by atoms with Crippen LogP contribution < -0.4 is 20.2 Å². The maximum atomic E-state index is 12.0. The van der Waals surface area contributed by atoms with Crippen LogP contribution in [0.1, 0.15) is 18.9 Å². The second-order valence-electron chi connectivity index (χ2n) is 5.38. The number of hydrogen-bond donors (Lipinski definition) is 3. The third-order valence-corrected chi connectivity index (χ3v) is 3.39. The number of rotatable bonds is 8. The maximum absolute atomic E-state index is 12.0. The number of carbonyl (C=O) groups excluding carboxylic acids is 2. The van der Waals surface area contributed by atoms with Gasteiger partial charge in [-0.1, -0.05) is 12.1 Å². The van der Waals surface area contributed by atoms with Crippen molar-refractivity contribution >= 4 is 23.7 Å². The Kier molecular flexibility index (Phi) is 7.18. The molecule has 2 rings (SSSR count). The van der Waals surface area contributed by atoms with Gasteiger partial charge in [0.05, 0.1) is 25.6 Å². The molecular weight excluding hydrogens is 350 g/mol. The lowest BCUT2D eigenvalue weighted by Crippen LogP contribution is -2.24. The van der Waals surface area contributed by atoms with Crippen LogP contribution >= 0.6 is 0 Å². The summed E-state index contributed by atoms with van der Waals surface area (Å²) in [7, 11) is 1.49. The van der Waals surface area contributed by atoms with Gasteiger partial charge in [-0.05, 0) is 42.8 Å². The number of benzene rings is 2. The molecule has 0 aromatic heterocycles. The van der Waals surface area contributed by atoms with Crippen LogP contribution in [0, 0.1) is 0 Å². The van der Waals surface area contributed by atoms with Gasteiger partial charge in [0, 0.05) is 0 Å². The second kappa shape index (κ2) is 9.81. The number of methoxy groups -OCH3 is 1. The number of hydrogen-bond acceptors (Lipinski definition) is 6. The van der Waals surface area contributed by atoms with Crippen LogP contribution in [0.25, 0.3) is 0 Å². The molecule has 0 atom stereocenters. The average Bonchev–Trinajstić information content (AvgIpc) is 2.65. The summed E-state index contributed by atoms with van der Waals surface area (Å²) in [6.45, 7) is 2.21. The SMILES string of the molecule is CCOc1cc(/C=N/NC(=O)CC(=O)Nc2ccccc2OC)ccc1O. The number of para-hydroxylation sites is 2. The number of phenols is 1. The Morgan fingerprint density at radius 3 is 2.67 bits per heavy atom. The lowest BCUT2D eigenvalue weighted by Gasteiger charge is -2.09. The van der Waals surface area contributed by atoms with Crippen molar-refractivity contribution in [3.8, 4) is 17.2 Å². The summed E-state index contributed by atoms with van der Waals surface area (Å²) in [5, 5.41) is 16.1. The van der Waals surface area contributed by atoms with Crippen LogP contribution in [0.3, 0.4) is 0 Å². The maximum Gasteiger partial charge on any atom is 0.249 e. The van der Waals surface area contributed by atoms with Crippen molar-refractivity contribution in [2.75, 3.05) is 19.0 Å². The minimum absolute atomic E-state index is 0.0195.